The summed E-state index contributed by atoms with van der Waals surface area (Å²) >= 11 is 12.0. The number of fused-ring (bicyclic) bond motifs is 1. The largest absolute Gasteiger partial charge is 0.396 e. The highest BCUT2D eigenvalue weighted by atomic mass is 35.5. The zero-order valence-electron chi connectivity index (χ0n) is 10.5. The monoisotopic (exact) mass is 304 g/mol. The Balaban J connectivity index is 1.78. The van der Waals surface area contributed by atoms with E-state index in [0.717, 1.165) is 22.2 Å². The summed E-state index contributed by atoms with van der Waals surface area (Å²) in [5, 5.41) is 5.40. The van der Waals surface area contributed by atoms with E-state index in [0.29, 0.717) is 22.3 Å². The van der Waals surface area contributed by atoms with Gasteiger partial charge in [-0.1, -0.05) is 23.2 Å². The molecule has 0 spiro atoms. The predicted molar refractivity (Wildman–Crippen MR) is 85.3 cm³/mol. The summed E-state index contributed by atoms with van der Waals surface area (Å²) in [6.07, 6.45) is 2.96. The highest BCUT2D eigenvalue weighted by Crippen LogP contribution is 2.29. The minimum atomic E-state index is 0.418. The molecule has 0 unspecified atom stereocenters. The maximum absolute atomic E-state index is 6.02. The Kier molecular flexibility index (Phi) is 3.47. The van der Waals surface area contributed by atoms with Crippen molar-refractivity contribution in [2.75, 3.05) is 11.1 Å². The second kappa shape index (κ2) is 5.27. The Morgan fingerprint density at radius 3 is 2.65 bits per heavy atom. The highest BCUT2D eigenvalue weighted by molar-refractivity contribution is 6.38. The highest BCUT2D eigenvalue weighted by Gasteiger charge is 2.05. The molecule has 3 aromatic rings. The first-order valence-corrected chi connectivity index (χ1v) is 6.85. The Morgan fingerprint density at radius 2 is 1.90 bits per heavy atom. The quantitative estimate of drug-likeness (QED) is 0.625. The van der Waals surface area contributed by atoms with Gasteiger partial charge in [-0.15, -0.1) is 0 Å². The molecule has 2 aromatic carbocycles. The summed E-state index contributed by atoms with van der Waals surface area (Å²) in [5.74, 6) is 0. The van der Waals surface area contributed by atoms with Crippen LogP contribution in [0.25, 0.3) is 10.9 Å². The molecule has 0 aliphatic rings. The van der Waals surface area contributed by atoms with Gasteiger partial charge in [0.15, 0.2) is 0 Å². The lowest BCUT2D eigenvalue weighted by atomic mass is 10.2. The van der Waals surface area contributed by atoms with Gasteiger partial charge in [0, 0.05) is 23.1 Å². The van der Waals surface area contributed by atoms with E-state index in [1.807, 2.05) is 30.3 Å². The average molecular weight is 305 g/mol. The van der Waals surface area contributed by atoms with Crippen molar-refractivity contribution >= 4 is 45.5 Å². The van der Waals surface area contributed by atoms with Crippen molar-refractivity contribution in [3.05, 3.63) is 58.2 Å². The molecule has 0 aliphatic heterocycles. The summed E-state index contributed by atoms with van der Waals surface area (Å²) in [6.45, 7) is 0.624. The molecule has 0 atom stereocenters. The second-order valence-corrected chi connectivity index (χ2v) is 5.36. The lowest BCUT2D eigenvalue weighted by Crippen LogP contribution is -2.00. The van der Waals surface area contributed by atoms with Crippen LogP contribution in [0.1, 0.15) is 5.56 Å². The molecule has 1 heterocycles. The van der Waals surface area contributed by atoms with Gasteiger partial charge >= 0.3 is 0 Å². The normalized spacial score (nSPS) is 10.9. The first-order valence-electron chi connectivity index (χ1n) is 6.09. The fourth-order valence-electron chi connectivity index (χ4n) is 2.04. The van der Waals surface area contributed by atoms with Crippen LogP contribution >= 0.6 is 23.2 Å². The van der Waals surface area contributed by atoms with E-state index in [9.17, 15) is 0 Å². The number of rotatable bonds is 3. The third-order valence-corrected chi connectivity index (χ3v) is 3.75. The van der Waals surface area contributed by atoms with E-state index in [1.165, 1.54) is 0 Å². The summed E-state index contributed by atoms with van der Waals surface area (Å²) < 4.78 is 0. The molecular formula is C15H12Cl2N3. The van der Waals surface area contributed by atoms with E-state index in [-0.39, 0.29) is 0 Å². The average Bonchev–Trinajstić information content (AvgIpc) is 2.89. The van der Waals surface area contributed by atoms with Crippen LogP contribution in [0.5, 0.6) is 0 Å². The number of hydrogen-bond acceptors (Lipinski definition) is 2. The number of aromatic nitrogens is 1. The van der Waals surface area contributed by atoms with Crippen LogP contribution in [0.3, 0.4) is 0 Å². The molecule has 101 valence electrons. The lowest BCUT2D eigenvalue weighted by molar-refractivity contribution is 1.15. The molecule has 1 aromatic heterocycles. The molecule has 0 aliphatic carbocycles. The molecule has 3 rings (SSSR count). The third kappa shape index (κ3) is 2.55. The zero-order valence-corrected chi connectivity index (χ0v) is 12.0. The minimum Gasteiger partial charge on any atom is -0.396 e. The SMILES string of the molecule is Nc1c(Cl)cc(CNc2ccc3[nH][c]cc3c2)cc1Cl. The van der Waals surface area contributed by atoms with E-state index < -0.39 is 0 Å². The molecule has 5 heteroatoms. The molecule has 4 N–H and O–H groups in total. The van der Waals surface area contributed by atoms with Crippen LogP contribution in [-0.2, 0) is 6.54 Å². The molecule has 20 heavy (non-hydrogen) atoms. The molecular weight excluding hydrogens is 293 g/mol. The van der Waals surface area contributed by atoms with Gasteiger partial charge in [-0.2, -0.15) is 0 Å². The van der Waals surface area contributed by atoms with Crippen molar-refractivity contribution < 1.29 is 0 Å². The molecule has 0 saturated heterocycles. The van der Waals surface area contributed by atoms with Gasteiger partial charge in [-0.3, -0.25) is 0 Å². The minimum absolute atomic E-state index is 0.418. The van der Waals surface area contributed by atoms with Crippen molar-refractivity contribution in [3.8, 4) is 0 Å². The van der Waals surface area contributed by atoms with E-state index in [1.54, 1.807) is 0 Å². The van der Waals surface area contributed by atoms with E-state index >= 15 is 0 Å². The van der Waals surface area contributed by atoms with Crippen LogP contribution in [-0.4, -0.2) is 4.98 Å². The number of nitrogen functional groups attached to an aromatic ring is 1. The molecule has 1 radical (unpaired) electrons. The number of aromatic amines is 1. The molecule has 0 amide bonds. The lowest BCUT2D eigenvalue weighted by Gasteiger charge is -2.09. The zero-order chi connectivity index (χ0) is 14.1. The third-order valence-electron chi connectivity index (χ3n) is 3.12. The van der Waals surface area contributed by atoms with E-state index in [2.05, 4.69) is 22.6 Å². The first-order chi connectivity index (χ1) is 9.63. The predicted octanol–water partition coefficient (Wildman–Crippen LogP) is 4.47. The van der Waals surface area contributed by atoms with Crippen molar-refractivity contribution in [1.29, 1.82) is 0 Å². The van der Waals surface area contributed by atoms with Crippen LogP contribution in [0.4, 0.5) is 11.4 Å². The maximum Gasteiger partial charge on any atom is 0.0693 e. The first kappa shape index (κ1) is 13.2. The molecule has 3 nitrogen and oxygen atoms in total. The summed E-state index contributed by atoms with van der Waals surface area (Å²) in [4.78, 5) is 3.04. The van der Waals surface area contributed by atoms with Crippen molar-refractivity contribution in [2.45, 2.75) is 6.54 Å². The molecule has 0 saturated carbocycles. The molecule has 0 bridgehead atoms. The summed E-state index contributed by atoms with van der Waals surface area (Å²) in [5.41, 5.74) is 9.20. The molecule has 0 fully saturated rings. The van der Waals surface area contributed by atoms with Gasteiger partial charge in [0.05, 0.1) is 21.9 Å². The Morgan fingerprint density at radius 1 is 1.15 bits per heavy atom. The Bertz CT molecular complexity index is 742. The van der Waals surface area contributed by atoms with Gasteiger partial charge in [0.25, 0.3) is 0 Å². The topological polar surface area (TPSA) is 53.8 Å². The van der Waals surface area contributed by atoms with Crippen LogP contribution in [0, 0.1) is 6.20 Å². The number of benzene rings is 2. The maximum atomic E-state index is 6.02. The Labute approximate surface area is 126 Å². The number of anilines is 2. The number of nitrogens with two attached hydrogens (primary N) is 1. The standard InChI is InChI=1S/C15H12Cl2N3/c16-12-5-9(6-13(17)15(12)18)8-20-11-1-2-14-10(7-11)3-4-19-14/h1-3,5-7,19-20H,8,18H2. The van der Waals surface area contributed by atoms with E-state index in [4.69, 9.17) is 28.9 Å². The number of hydrogen-bond donors (Lipinski definition) is 3. The second-order valence-electron chi connectivity index (χ2n) is 4.54. The van der Waals surface area contributed by atoms with Crippen LogP contribution in [0.15, 0.2) is 36.4 Å². The fraction of sp³-hybridized carbons (Fsp3) is 0.0667. The van der Waals surface area contributed by atoms with Gasteiger partial charge < -0.3 is 16.0 Å². The van der Waals surface area contributed by atoms with Crippen LogP contribution in [0.2, 0.25) is 10.0 Å². The summed E-state index contributed by atoms with van der Waals surface area (Å²) in [6, 6.07) is 11.6. The van der Waals surface area contributed by atoms with Crippen molar-refractivity contribution in [1.82, 2.24) is 4.98 Å². The van der Waals surface area contributed by atoms with Gasteiger partial charge in [0.1, 0.15) is 0 Å². The van der Waals surface area contributed by atoms with Gasteiger partial charge in [-0.05, 0) is 42.0 Å². The smallest absolute Gasteiger partial charge is 0.0693 e. The van der Waals surface area contributed by atoms with Crippen molar-refractivity contribution in [2.24, 2.45) is 0 Å². The number of nitrogens with one attached hydrogen (secondary N) is 2. The van der Waals surface area contributed by atoms with Gasteiger partial charge in [-0.25, -0.2) is 0 Å². The number of H-pyrrole nitrogens is 1. The van der Waals surface area contributed by atoms with Crippen LogP contribution < -0.4 is 11.1 Å². The van der Waals surface area contributed by atoms with Crippen molar-refractivity contribution in [3.63, 3.8) is 0 Å². The summed E-state index contributed by atoms with van der Waals surface area (Å²) in [7, 11) is 0. The van der Waals surface area contributed by atoms with Gasteiger partial charge in [0.2, 0.25) is 0 Å². The number of halogens is 2. The fourth-order valence-corrected chi connectivity index (χ4v) is 2.57. The Hall–Kier alpha value is -1.84.